The molecule has 1 aromatic rings. The van der Waals surface area contributed by atoms with Gasteiger partial charge in [-0.15, -0.1) is 0 Å². The Labute approximate surface area is 113 Å². The molecule has 0 radical (unpaired) electrons. The normalized spacial score (nSPS) is 10.4. The van der Waals surface area contributed by atoms with Gasteiger partial charge >= 0.3 is 5.97 Å². The van der Waals surface area contributed by atoms with Gasteiger partial charge < -0.3 is 10.4 Å². The number of azide groups is 1. The van der Waals surface area contributed by atoms with Crippen molar-refractivity contribution in [1.29, 1.82) is 0 Å². The SMILES string of the molecule is [N-]=[N+]=NS(=O)(=O)c1ccc(NC(=O)CCC(=O)O)cc1. The molecule has 0 spiro atoms. The van der Waals surface area contributed by atoms with Crippen molar-refractivity contribution >= 4 is 27.6 Å². The average Bonchev–Trinajstić information content (AvgIpc) is 2.37. The van der Waals surface area contributed by atoms with E-state index in [4.69, 9.17) is 10.6 Å². The van der Waals surface area contributed by atoms with Gasteiger partial charge in [-0.25, -0.2) is 8.42 Å². The fourth-order valence-electron chi connectivity index (χ4n) is 1.25. The Morgan fingerprint density at radius 3 is 2.35 bits per heavy atom. The second-order valence-corrected chi connectivity index (χ2v) is 5.20. The van der Waals surface area contributed by atoms with Gasteiger partial charge in [-0.05, 0) is 29.8 Å². The zero-order valence-corrected chi connectivity index (χ0v) is 10.9. The summed E-state index contributed by atoms with van der Waals surface area (Å²) < 4.78 is 25.4. The summed E-state index contributed by atoms with van der Waals surface area (Å²) in [6.07, 6.45) is -0.483. The first-order valence-electron chi connectivity index (χ1n) is 5.28. The summed E-state index contributed by atoms with van der Waals surface area (Å²) in [6.45, 7) is 0. The number of carboxylic acids is 1. The summed E-state index contributed by atoms with van der Waals surface area (Å²) in [6, 6.07) is 4.94. The molecule has 0 saturated carbocycles. The van der Waals surface area contributed by atoms with Gasteiger partial charge in [0.25, 0.3) is 10.0 Å². The van der Waals surface area contributed by atoms with E-state index in [9.17, 15) is 18.0 Å². The van der Waals surface area contributed by atoms with Gasteiger partial charge in [0.1, 0.15) is 0 Å². The molecule has 10 heteroatoms. The summed E-state index contributed by atoms with van der Waals surface area (Å²) >= 11 is 0. The molecule has 0 saturated heterocycles. The second-order valence-electron chi connectivity index (χ2n) is 3.61. The minimum Gasteiger partial charge on any atom is -0.481 e. The maximum Gasteiger partial charge on any atom is 0.303 e. The van der Waals surface area contributed by atoms with Crippen molar-refractivity contribution in [3.63, 3.8) is 0 Å². The summed E-state index contributed by atoms with van der Waals surface area (Å²) in [5, 5.41) is 10.8. The Morgan fingerprint density at radius 2 is 1.85 bits per heavy atom. The highest BCUT2D eigenvalue weighted by Crippen LogP contribution is 2.16. The van der Waals surface area contributed by atoms with Crippen LogP contribution >= 0.6 is 0 Å². The molecule has 1 rings (SSSR count). The first-order chi connectivity index (χ1) is 9.35. The number of aliphatic carboxylic acids is 1. The molecule has 20 heavy (non-hydrogen) atoms. The minimum atomic E-state index is -4.06. The minimum absolute atomic E-state index is 0.186. The molecule has 0 fully saturated rings. The van der Waals surface area contributed by atoms with Crippen LogP contribution in [-0.2, 0) is 19.6 Å². The maximum absolute atomic E-state index is 11.4. The molecule has 0 bridgehead atoms. The van der Waals surface area contributed by atoms with Crippen molar-refractivity contribution in [3.05, 3.63) is 34.7 Å². The molecular weight excluding hydrogens is 288 g/mol. The Bertz CT molecular complexity index is 661. The summed E-state index contributed by atoms with van der Waals surface area (Å²) in [5.41, 5.74) is 8.42. The van der Waals surface area contributed by atoms with Crippen molar-refractivity contribution in [1.82, 2.24) is 0 Å². The van der Waals surface area contributed by atoms with Gasteiger partial charge in [0, 0.05) is 21.5 Å². The van der Waals surface area contributed by atoms with E-state index in [0.717, 1.165) is 12.1 Å². The van der Waals surface area contributed by atoms with E-state index >= 15 is 0 Å². The number of carbonyl (C=O) groups is 2. The van der Waals surface area contributed by atoms with E-state index in [-0.39, 0.29) is 17.7 Å². The van der Waals surface area contributed by atoms with Crippen molar-refractivity contribution in [3.8, 4) is 0 Å². The number of carboxylic acid groups (broad SMARTS) is 1. The Hall–Kier alpha value is -2.58. The predicted octanol–water partition coefficient (Wildman–Crippen LogP) is 1.49. The molecule has 0 heterocycles. The number of rotatable bonds is 6. The summed E-state index contributed by atoms with van der Waals surface area (Å²) in [4.78, 5) is 23.6. The molecule has 0 aliphatic rings. The molecule has 106 valence electrons. The van der Waals surface area contributed by atoms with Crippen LogP contribution in [0.3, 0.4) is 0 Å². The molecule has 0 aliphatic carbocycles. The highest BCUT2D eigenvalue weighted by molar-refractivity contribution is 7.90. The molecule has 1 amide bonds. The van der Waals surface area contributed by atoms with Crippen LogP contribution in [0.2, 0.25) is 0 Å². The second kappa shape index (κ2) is 6.55. The number of hydrogen-bond acceptors (Lipinski definition) is 4. The van der Waals surface area contributed by atoms with Crippen molar-refractivity contribution in [2.75, 3.05) is 5.32 Å². The Morgan fingerprint density at radius 1 is 1.25 bits per heavy atom. The van der Waals surface area contributed by atoms with Crippen LogP contribution in [0, 0.1) is 0 Å². The van der Waals surface area contributed by atoms with Crippen molar-refractivity contribution in [2.45, 2.75) is 17.7 Å². The lowest BCUT2D eigenvalue weighted by Gasteiger charge is -2.04. The molecule has 0 aromatic heterocycles. The third-order valence-corrected chi connectivity index (χ3v) is 3.30. The van der Waals surface area contributed by atoms with Crippen molar-refractivity contribution in [2.24, 2.45) is 4.52 Å². The first kappa shape index (κ1) is 15.5. The molecular formula is C10H10N4O5S. The fraction of sp³-hybridized carbons (Fsp3) is 0.200. The Kier molecular flexibility index (Phi) is 5.07. The molecule has 9 nitrogen and oxygen atoms in total. The lowest BCUT2D eigenvalue weighted by molar-refractivity contribution is -0.138. The lowest BCUT2D eigenvalue weighted by Crippen LogP contribution is -2.13. The third-order valence-electron chi connectivity index (χ3n) is 2.15. The monoisotopic (exact) mass is 298 g/mol. The number of amides is 1. The quantitative estimate of drug-likeness (QED) is 0.463. The topological polar surface area (TPSA) is 149 Å². The number of anilines is 1. The van der Waals surface area contributed by atoms with Gasteiger partial charge in [0.15, 0.2) is 0 Å². The van der Waals surface area contributed by atoms with Crippen molar-refractivity contribution < 1.29 is 23.1 Å². The van der Waals surface area contributed by atoms with Crippen LogP contribution in [0.1, 0.15) is 12.8 Å². The Balaban J connectivity index is 2.75. The zero-order chi connectivity index (χ0) is 15.2. The number of nitrogens with zero attached hydrogens (tertiary/aromatic N) is 3. The van der Waals surface area contributed by atoms with Gasteiger partial charge in [-0.2, -0.15) is 0 Å². The number of sulfonamides is 1. The molecule has 1 aromatic carbocycles. The highest BCUT2D eigenvalue weighted by Gasteiger charge is 2.12. The smallest absolute Gasteiger partial charge is 0.303 e. The zero-order valence-electron chi connectivity index (χ0n) is 10.1. The van der Waals surface area contributed by atoms with Crippen LogP contribution in [-0.4, -0.2) is 25.4 Å². The van der Waals surface area contributed by atoms with E-state index in [1.807, 2.05) is 0 Å². The number of benzene rings is 1. The largest absolute Gasteiger partial charge is 0.481 e. The van der Waals surface area contributed by atoms with Crippen LogP contribution in [0.25, 0.3) is 10.4 Å². The molecule has 2 N–H and O–H groups in total. The van der Waals surface area contributed by atoms with Gasteiger partial charge in [-0.1, -0.05) is 0 Å². The molecule has 0 atom stereocenters. The summed E-state index contributed by atoms with van der Waals surface area (Å²) in [7, 11) is -4.06. The first-order valence-corrected chi connectivity index (χ1v) is 6.72. The maximum atomic E-state index is 11.4. The van der Waals surface area contributed by atoms with Crippen LogP contribution in [0.4, 0.5) is 5.69 Å². The molecule has 0 aliphatic heterocycles. The van der Waals surface area contributed by atoms with E-state index in [1.54, 1.807) is 0 Å². The fourth-order valence-corrected chi connectivity index (χ4v) is 1.92. The standard InChI is InChI=1S/C10H10N4O5S/c11-13-14-20(18,19)8-3-1-7(2-4-8)12-9(15)5-6-10(16)17/h1-4H,5-6H2,(H,12,15)(H,16,17). The molecule has 0 unspecified atom stereocenters. The number of hydrogen-bond donors (Lipinski definition) is 2. The van der Waals surface area contributed by atoms with E-state index in [2.05, 4.69) is 14.7 Å². The summed E-state index contributed by atoms with van der Waals surface area (Å²) in [5.74, 6) is -1.59. The number of nitrogens with one attached hydrogen (secondary N) is 1. The van der Waals surface area contributed by atoms with Crippen LogP contribution in [0.5, 0.6) is 0 Å². The predicted molar refractivity (Wildman–Crippen MR) is 68.3 cm³/mol. The van der Waals surface area contributed by atoms with Crippen LogP contribution < -0.4 is 5.32 Å². The van der Waals surface area contributed by atoms with Gasteiger partial charge in [0.05, 0.1) is 11.3 Å². The van der Waals surface area contributed by atoms with Crippen LogP contribution in [0.15, 0.2) is 33.7 Å². The van der Waals surface area contributed by atoms with Gasteiger partial charge in [0.2, 0.25) is 5.91 Å². The van der Waals surface area contributed by atoms with Gasteiger partial charge in [-0.3, -0.25) is 9.59 Å². The van der Waals surface area contributed by atoms with E-state index in [0.29, 0.717) is 5.69 Å². The lowest BCUT2D eigenvalue weighted by atomic mass is 10.2. The average molecular weight is 298 g/mol. The third kappa shape index (κ3) is 4.59. The highest BCUT2D eigenvalue weighted by atomic mass is 32.2. The van der Waals surface area contributed by atoms with E-state index < -0.39 is 21.9 Å². The number of carbonyl (C=O) groups excluding carboxylic acids is 1. The van der Waals surface area contributed by atoms with E-state index in [1.165, 1.54) is 12.1 Å².